The van der Waals surface area contributed by atoms with Crippen molar-refractivity contribution in [3.8, 4) is 0 Å². The average molecular weight is 265 g/mol. The van der Waals surface area contributed by atoms with Gasteiger partial charge in [0.1, 0.15) is 0 Å². The fraction of sp³-hybridized carbons (Fsp3) is 0.867. The van der Waals surface area contributed by atoms with Crippen LogP contribution in [0.5, 0.6) is 0 Å². The number of hydrogen-bond donors (Lipinski definition) is 0. The smallest absolute Gasteiger partial charge is 0.240 e. The van der Waals surface area contributed by atoms with E-state index < -0.39 is 0 Å². The molecule has 1 fully saturated rings. The van der Waals surface area contributed by atoms with E-state index >= 15 is 0 Å². The zero-order chi connectivity index (χ0) is 13.8. The van der Waals surface area contributed by atoms with E-state index in [0.29, 0.717) is 12.0 Å². The predicted molar refractivity (Wildman–Crippen MR) is 75.7 cm³/mol. The topological polar surface area (TPSA) is 42.2 Å². The van der Waals surface area contributed by atoms with Gasteiger partial charge in [0.05, 0.1) is 6.54 Å². The highest BCUT2D eigenvalue weighted by atomic mass is 16.5. The molecular weight excluding hydrogens is 238 g/mol. The third-order valence-electron chi connectivity index (χ3n) is 4.09. The second-order valence-corrected chi connectivity index (χ2v) is 6.53. The van der Waals surface area contributed by atoms with Gasteiger partial charge in [-0.3, -0.25) is 4.90 Å². The third kappa shape index (κ3) is 4.30. The van der Waals surface area contributed by atoms with Gasteiger partial charge >= 0.3 is 0 Å². The van der Waals surface area contributed by atoms with Gasteiger partial charge in [-0.05, 0) is 44.6 Å². The lowest BCUT2D eigenvalue weighted by Gasteiger charge is -2.32. The summed E-state index contributed by atoms with van der Waals surface area (Å²) in [6, 6.07) is 0.677. The molecule has 1 aliphatic carbocycles. The Morgan fingerprint density at radius 2 is 1.95 bits per heavy atom. The van der Waals surface area contributed by atoms with Crippen LogP contribution in [0.15, 0.2) is 4.52 Å². The monoisotopic (exact) mass is 265 g/mol. The van der Waals surface area contributed by atoms with Crippen molar-refractivity contribution in [2.45, 2.75) is 65.5 Å². The Labute approximate surface area is 116 Å². The van der Waals surface area contributed by atoms with Gasteiger partial charge in [0.15, 0.2) is 5.82 Å². The Morgan fingerprint density at radius 1 is 1.26 bits per heavy atom. The van der Waals surface area contributed by atoms with Gasteiger partial charge in [-0.2, -0.15) is 4.98 Å². The zero-order valence-corrected chi connectivity index (χ0v) is 12.7. The molecule has 4 heteroatoms. The highest BCUT2D eigenvalue weighted by Gasteiger charge is 2.23. The predicted octanol–water partition coefficient (Wildman–Crippen LogP) is 3.28. The molecular formula is C15H27N3O. The maximum absolute atomic E-state index is 5.35. The molecule has 0 spiro atoms. The molecule has 0 unspecified atom stereocenters. The molecule has 0 bridgehead atoms. The van der Waals surface area contributed by atoms with E-state index in [1.807, 2.05) is 0 Å². The lowest BCUT2D eigenvalue weighted by atomic mass is 9.87. The van der Waals surface area contributed by atoms with Crippen molar-refractivity contribution in [2.24, 2.45) is 11.8 Å². The first-order chi connectivity index (χ1) is 9.04. The van der Waals surface area contributed by atoms with Crippen LogP contribution < -0.4 is 0 Å². The van der Waals surface area contributed by atoms with E-state index in [4.69, 9.17) is 4.52 Å². The largest absolute Gasteiger partial charge is 0.338 e. The number of nitrogens with zero attached hydrogens (tertiary/aromatic N) is 3. The Balaban J connectivity index is 1.84. The van der Waals surface area contributed by atoms with E-state index in [2.05, 4.69) is 42.9 Å². The van der Waals surface area contributed by atoms with Gasteiger partial charge in [-0.25, -0.2) is 0 Å². The van der Waals surface area contributed by atoms with Crippen molar-refractivity contribution in [2.75, 3.05) is 7.05 Å². The Kier molecular flexibility index (Phi) is 4.97. The van der Waals surface area contributed by atoms with E-state index in [0.717, 1.165) is 30.6 Å². The second-order valence-electron chi connectivity index (χ2n) is 6.53. The molecule has 0 saturated heterocycles. The van der Waals surface area contributed by atoms with E-state index in [1.54, 1.807) is 0 Å². The number of aromatic nitrogens is 2. The first-order valence-electron chi connectivity index (χ1n) is 7.56. The number of rotatable bonds is 5. The second kappa shape index (κ2) is 6.51. The van der Waals surface area contributed by atoms with Crippen molar-refractivity contribution >= 4 is 0 Å². The minimum Gasteiger partial charge on any atom is -0.338 e. The molecule has 1 aliphatic rings. The molecule has 1 aromatic rings. The van der Waals surface area contributed by atoms with Gasteiger partial charge in [-0.15, -0.1) is 0 Å². The summed E-state index contributed by atoms with van der Waals surface area (Å²) in [5.74, 6) is 3.07. The van der Waals surface area contributed by atoms with E-state index in [9.17, 15) is 0 Å². The van der Waals surface area contributed by atoms with Crippen LogP contribution in [0, 0.1) is 11.8 Å². The highest BCUT2D eigenvalue weighted by Crippen LogP contribution is 2.27. The molecule has 0 radical (unpaired) electrons. The quantitative estimate of drug-likeness (QED) is 0.819. The van der Waals surface area contributed by atoms with Crippen LogP contribution in [0.3, 0.4) is 0 Å². The van der Waals surface area contributed by atoms with Crippen LogP contribution in [0.2, 0.25) is 0 Å². The SMILES string of the molecule is CC(C)Cc1noc(CN(C)C2CCC(C)CC2)n1. The van der Waals surface area contributed by atoms with Crippen LogP contribution in [-0.2, 0) is 13.0 Å². The first kappa shape index (κ1) is 14.5. The molecule has 0 amide bonds. The minimum atomic E-state index is 0.572. The first-order valence-corrected chi connectivity index (χ1v) is 7.56. The summed E-state index contributed by atoms with van der Waals surface area (Å²) in [6.45, 7) is 7.48. The van der Waals surface area contributed by atoms with E-state index in [1.165, 1.54) is 25.7 Å². The molecule has 1 saturated carbocycles. The van der Waals surface area contributed by atoms with Crippen LogP contribution in [0.25, 0.3) is 0 Å². The molecule has 1 aromatic heterocycles. The van der Waals surface area contributed by atoms with E-state index in [-0.39, 0.29) is 0 Å². The molecule has 0 N–H and O–H groups in total. The van der Waals surface area contributed by atoms with Crippen molar-refractivity contribution in [1.29, 1.82) is 0 Å². The van der Waals surface area contributed by atoms with Crippen molar-refractivity contribution in [1.82, 2.24) is 15.0 Å². The molecule has 108 valence electrons. The van der Waals surface area contributed by atoms with Crippen LogP contribution >= 0.6 is 0 Å². The lowest BCUT2D eigenvalue weighted by molar-refractivity contribution is 0.148. The highest BCUT2D eigenvalue weighted by molar-refractivity contribution is 4.88. The van der Waals surface area contributed by atoms with Gasteiger partial charge in [0, 0.05) is 12.5 Å². The van der Waals surface area contributed by atoms with Crippen molar-refractivity contribution in [3.63, 3.8) is 0 Å². The van der Waals surface area contributed by atoms with Gasteiger partial charge < -0.3 is 4.52 Å². The molecule has 19 heavy (non-hydrogen) atoms. The Hall–Kier alpha value is -0.900. The summed E-state index contributed by atoms with van der Waals surface area (Å²) < 4.78 is 5.35. The van der Waals surface area contributed by atoms with Crippen molar-refractivity contribution in [3.05, 3.63) is 11.7 Å². The van der Waals surface area contributed by atoms with Crippen LogP contribution in [0.1, 0.15) is 58.2 Å². The van der Waals surface area contributed by atoms with Gasteiger partial charge in [-0.1, -0.05) is 25.9 Å². The molecule has 4 nitrogen and oxygen atoms in total. The minimum absolute atomic E-state index is 0.572. The normalized spacial score (nSPS) is 24.3. The fourth-order valence-electron chi connectivity index (χ4n) is 2.83. The molecule has 1 heterocycles. The summed E-state index contributed by atoms with van der Waals surface area (Å²) in [4.78, 5) is 6.85. The zero-order valence-electron chi connectivity index (χ0n) is 12.7. The van der Waals surface area contributed by atoms with Crippen LogP contribution in [-0.4, -0.2) is 28.1 Å². The fourth-order valence-corrected chi connectivity index (χ4v) is 2.83. The van der Waals surface area contributed by atoms with Gasteiger partial charge in [0.25, 0.3) is 0 Å². The summed E-state index contributed by atoms with van der Waals surface area (Å²) in [6.07, 6.45) is 6.18. The molecule has 0 aromatic carbocycles. The summed E-state index contributed by atoms with van der Waals surface area (Å²) >= 11 is 0. The maximum Gasteiger partial charge on any atom is 0.240 e. The summed E-state index contributed by atoms with van der Waals surface area (Å²) in [5.41, 5.74) is 0. The van der Waals surface area contributed by atoms with Crippen molar-refractivity contribution < 1.29 is 4.52 Å². The molecule has 2 rings (SSSR count). The average Bonchev–Trinajstić information content (AvgIpc) is 2.76. The standard InChI is InChI=1S/C15H27N3O/c1-11(2)9-14-16-15(19-17-14)10-18(4)13-7-5-12(3)6-8-13/h11-13H,5-10H2,1-4H3. The number of hydrogen-bond acceptors (Lipinski definition) is 4. The third-order valence-corrected chi connectivity index (χ3v) is 4.09. The Morgan fingerprint density at radius 3 is 2.58 bits per heavy atom. The van der Waals surface area contributed by atoms with Gasteiger partial charge in [0.2, 0.25) is 5.89 Å². The summed E-state index contributed by atoms with van der Waals surface area (Å²) in [7, 11) is 2.17. The maximum atomic E-state index is 5.35. The van der Waals surface area contributed by atoms with Crippen LogP contribution in [0.4, 0.5) is 0 Å². The Bertz CT molecular complexity index is 380. The molecule has 0 aliphatic heterocycles. The molecule has 0 atom stereocenters. The lowest BCUT2D eigenvalue weighted by Crippen LogP contribution is -2.34. The summed E-state index contributed by atoms with van der Waals surface area (Å²) in [5, 5.41) is 4.05.